The molecule has 0 aliphatic heterocycles. The highest BCUT2D eigenvalue weighted by atomic mass is 16.5. The van der Waals surface area contributed by atoms with Crippen LogP contribution < -0.4 is 9.47 Å². The van der Waals surface area contributed by atoms with Crippen LogP contribution in [-0.4, -0.2) is 31.6 Å². The van der Waals surface area contributed by atoms with Crippen molar-refractivity contribution in [2.45, 2.75) is 20.3 Å². The molecule has 138 valence electrons. The number of Topliss-reactive ketones (excluding diaryl/α,β-unsaturated/α-hetero) is 1. The molecule has 0 heterocycles. The minimum atomic E-state index is -0.313. The average molecular weight is 364 g/mol. The number of allylic oxidation sites excluding steroid dienone is 1. The average Bonchev–Trinajstić information content (AvgIpc) is 2.65. The Morgan fingerprint density at radius 1 is 0.926 bits per heavy atom. The molecule has 0 radical (unpaired) electrons. The lowest BCUT2D eigenvalue weighted by atomic mass is 9.81. The number of ether oxygens (including phenoxy) is 2. The van der Waals surface area contributed by atoms with Gasteiger partial charge in [-0.1, -0.05) is 24.3 Å². The maximum Gasteiger partial charge on any atom is 0.198 e. The van der Waals surface area contributed by atoms with Crippen LogP contribution >= 0.6 is 0 Å². The van der Waals surface area contributed by atoms with Crippen LogP contribution in [0.15, 0.2) is 30.3 Å². The van der Waals surface area contributed by atoms with Crippen LogP contribution in [0.4, 0.5) is 0 Å². The van der Waals surface area contributed by atoms with Gasteiger partial charge in [0.25, 0.3) is 0 Å². The van der Waals surface area contributed by atoms with Crippen molar-refractivity contribution >= 4 is 23.4 Å². The number of rotatable bonds is 5. The second kappa shape index (κ2) is 7.19. The van der Waals surface area contributed by atoms with E-state index in [2.05, 4.69) is 0 Å². The lowest BCUT2D eigenvalue weighted by Crippen LogP contribution is -2.23. The van der Waals surface area contributed by atoms with Crippen molar-refractivity contribution in [2.24, 2.45) is 0 Å². The van der Waals surface area contributed by atoms with Gasteiger partial charge >= 0.3 is 0 Å². The SMILES string of the molecule is C/C=C/c1ccc2c(c1OC)C(=O)c1ccc(CC(C)=O)c(OC)c1C2=O. The Kier molecular flexibility index (Phi) is 4.95. The molecule has 0 spiro atoms. The summed E-state index contributed by atoms with van der Waals surface area (Å²) in [5, 5.41) is 0. The van der Waals surface area contributed by atoms with Gasteiger partial charge in [0.15, 0.2) is 11.6 Å². The van der Waals surface area contributed by atoms with Crippen molar-refractivity contribution in [1.82, 2.24) is 0 Å². The number of benzene rings is 2. The van der Waals surface area contributed by atoms with Crippen LogP contribution in [0.1, 0.15) is 56.8 Å². The van der Waals surface area contributed by atoms with Crippen molar-refractivity contribution in [1.29, 1.82) is 0 Å². The predicted octanol–water partition coefficient (Wildman–Crippen LogP) is 3.64. The van der Waals surface area contributed by atoms with E-state index < -0.39 is 0 Å². The molecule has 0 fully saturated rings. The van der Waals surface area contributed by atoms with Crippen LogP contribution in [0, 0.1) is 0 Å². The fraction of sp³-hybridized carbons (Fsp3) is 0.227. The van der Waals surface area contributed by atoms with Gasteiger partial charge in [-0.3, -0.25) is 14.4 Å². The zero-order valence-electron chi connectivity index (χ0n) is 15.7. The van der Waals surface area contributed by atoms with Crippen molar-refractivity contribution in [3.63, 3.8) is 0 Å². The van der Waals surface area contributed by atoms with E-state index in [0.717, 1.165) is 5.56 Å². The van der Waals surface area contributed by atoms with Gasteiger partial charge in [-0.25, -0.2) is 0 Å². The maximum absolute atomic E-state index is 13.2. The van der Waals surface area contributed by atoms with Gasteiger partial charge in [-0.15, -0.1) is 0 Å². The molecule has 0 unspecified atom stereocenters. The Morgan fingerprint density at radius 2 is 1.48 bits per heavy atom. The van der Waals surface area contributed by atoms with E-state index in [4.69, 9.17) is 9.47 Å². The van der Waals surface area contributed by atoms with Crippen LogP contribution in [0.2, 0.25) is 0 Å². The van der Waals surface area contributed by atoms with Crippen LogP contribution in [0.3, 0.4) is 0 Å². The molecular formula is C22H20O5. The monoisotopic (exact) mass is 364 g/mol. The molecule has 3 rings (SSSR count). The first kappa shape index (κ1) is 18.6. The van der Waals surface area contributed by atoms with Crippen LogP contribution in [0.25, 0.3) is 6.08 Å². The number of ketones is 3. The molecule has 5 nitrogen and oxygen atoms in total. The Labute approximate surface area is 157 Å². The standard InChI is InChI=1S/C22H20O5/c1-5-6-13-7-9-15-17(21(13)26-3)19(24)16-10-8-14(11-12(2)23)22(27-4)18(16)20(15)25/h5-10H,11H2,1-4H3/b6-5+. The summed E-state index contributed by atoms with van der Waals surface area (Å²) in [6.45, 7) is 3.33. The quantitative estimate of drug-likeness (QED) is 0.691. The molecule has 0 N–H and O–H groups in total. The molecule has 2 aromatic carbocycles. The number of hydrogen-bond acceptors (Lipinski definition) is 5. The van der Waals surface area contributed by atoms with Gasteiger partial charge in [-0.2, -0.15) is 0 Å². The van der Waals surface area contributed by atoms with E-state index >= 15 is 0 Å². The summed E-state index contributed by atoms with van der Waals surface area (Å²) in [4.78, 5) is 38.0. The summed E-state index contributed by atoms with van der Waals surface area (Å²) in [7, 11) is 2.91. The number of methoxy groups -OCH3 is 2. The highest BCUT2D eigenvalue weighted by Gasteiger charge is 2.36. The number of hydrogen-bond donors (Lipinski definition) is 0. The summed E-state index contributed by atoms with van der Waals surface area (Å²) in [5.41, 5.74) is 2.30. The molecule has 0 saturated heterocycles. The lowest BCUT2D eigenvalue weighted by Gasteiger charge is -2.23. The van der Waals surface area contributed by atoms with Gasteiger partial charge in [0, 0.05) is 28.7 Å². The predicted molar refractivity (Wildman–Crippen MR) is 102 cm³/mol. The molecule has 1 aliphatic carbocycles. The molecule has 0 saturated carbocycles. The van der Waals surface area contributed by atoms with E-state index in [0.29, 0.717) is 11.3 Å². The largest absolute Gasteiger partial charge is 0.496 e. The fourth-order valence-corrected chi connectivity index (χ4v) is 3.49. The second-order valence-corrected chi connectivity index (χ2v) is 6.33. The van der Waals surface area contributed by atoms with Crippen molar-refractivity contribution in [2.75, 3.05) is 14.2 Å². The van der Waals surface area contributed by atoms with E-state index in [9.17, 15) is 14.4 Å². The molecule has 0 amide bonds. The Morgan fingerprint density at radius 3 is 2.00 bits per heavy atom. The molecule has 27 heavy (non-hydrogen) atoms. The summed E-state index contributed by atoms with van der Waals surface area (Å²) < 4.78 is 10.9. The fourth-order valence-electron chi connectivity index (χ4n) is 3.49. The molecule has 1 aliphatic rings. The molecule has 0 bridgehead atoms. The molecule has 0 atom stereocenters. The zero-order chi connectivity index (χ0) is 19.7. The summed E-state index contributed by atoms with van der Waals surface area (Å²) in [6, 6.07) is 6.63. The first-order valence-electron chi connectivity index (χ1n) is 8.56. The van der Waals surface area contributed by atoms with Crippen LogP contribution in [0.5, 0.6) is 11.5 Å². The normalized spacial score (nSPS) is 12.7. The highest BCUT2D eigenvalue weighted by molar-refractivity contribution is 6.30. The lowest BCUT2D eigenvalue weighted by molar-refractivity contribution is -0.116. The Balaban J connectivity index is 2.29. The Hall–Kier alpha value is -3.21. The van der Waals surface area contributed by atoms with Crippen molar-refractivity contribution < 1.29 is 23.9 Å². The van der Waals surface area contributed by atoms with Gasteiger partial charge in [0.05, 0.1) is 25.3 Å². The second-order valence-electron chi connectivity index (χ2n) is 6.33. The smallest absolute Gasteiger partial charge is 0.198 e. The third-order valence-corrected chi connectivity index (χ3v) is 4.56. The highest BCUT2D eigenvalue weighted by Crippen LogP contribution is 2.40. The van der Waals surface area contributed by atoms with Gasteiger partial charge in [-0.05, 0) is 26.0 Å². The molecule has 0 aromatic heterocycles. The first-order valence-corrected chi connectivity index (χ1v) is 8.56. The molecular weight excluding hydrogens is 344 g/mol. The molecule has 2 aromatic rings. The maximum atomic E-state index is 13.2. The van der Waals surface area contributed by atoms with Gasteiger partial charge in [0.1, 0.15) is 17.3 Å². The summed E-state index contributed by atoms with van der Waals surface area (Å²) >= 11 is 0. The van der Waals surface area contributed by atoms with E-state index in [1.54, 1.807) is 24.3 Å². The molecule has 5 heteroatoms. The zero-order valence-corrected chi connectivity index (χ0v) is 15.7. The van der Waals surface area contributed by atoms with E-state index in [-0.39, 0.29) is 51.8 Å². The van der Waals surface area contributed by atoms with Gasteiger partial charge < -0.3 is 9.47 Å². The van der Waals surface area contributed by atoms with E-state index in [1.165, 1.54) is 21.1 Å². The summed E-state index contributed by atoms with van der Waals surface area (Å²) in [5.74, 6) is -0.00636. The third-order valence-electron chi connectivity index (χ3n) is 4.56. The van der Waals surface area contributed by atoms with Crippen LogP contribution in [-0.2, 0) is 11.2 Å². The number of carbonyl (C=O) groups is 3. The summed E-state index contributed by atoms with van der Waals surface area (Å²) in [6.07, 6.45) is 3.79. The van der Waals surface area contributed by atoms with Gasteiger partial charge in [0.2, 0.25) is 0 Å². The van der Waals surface area contributed by atoms with Crippen molar-refractivity contribution in [3.05, 3.63) is 63.7 Å². The number of fused-ring (bicyclic) bond motifs is 2. The van der Waals surface area contributed by atoms with Crippen molar-refractivity contribution in [3.8, 4) is 11.5 Å². The minimum absolute atomic E-state index is 0.0547. The van der Waals surface area contributed by atoms with E-state index in [1.807, 2.05) is 19.1 Å². The number of carbonyl (C=O) groups excluding carboxylic acids is 3. The Bertz CT molecular complexity index is 998. The minimum Gasteiger partial charge on any atom is -0.496 e. The topological polar surface area (TPSA) is 69.7 Å². The third kappa shape index (κ3) is 2.95. The first-order chi connectivity index (χ1) is 12.9.